The summed E-state index contributed by atoms with van der Waals surface area (Å²) in [6.07, 6.45) is 3.82. The van der Waals surface area contributed by atoms with Crippen LogP contribution < -0.4 is 10.1 Å². The van der Waals surface area contributed by atoms with Crippen LogP contribution in [0.1, 0.15) is 50.2 Å². The summed E-state index contributed by atoms with van der Waals surface area (Å²) in [5, 5.41) is 11.2. The number of fused-ring (bicyclic) bond motifs is 5. The summed E-state index contributed by atoms with van der Waals surface area (Å²) in [7, 11) is 0. The Kier molecular flexibility index (Phi) is 7.12. The molecule has 1 saturated heterocycles. The van der Waals surface area contributed by atoms with Gasteiger partial charge in [-0.1, -0.05) is 17.3 Å². The molecule has 3 amide bonds. The van der Waals surface area contributed by atoms with E-state index in [0.717, 1.165) is 5.56 Å². The van der Waals surface area contributed by atoms with Crippen molar-refractivity contribution < 1.29 is 23.6 Å². The van der Waals surface area contributed by atoms with E-state index in [-0.39, 0.29) is 42.4 Å². The quantitative estimate of drug-likeness (QED) is 0.397. The summed E-state index contributed by atoms with van der Waals surface area (Å²) in [6.45, 7) is 5.60. The number of benzene rings is 1. The Morgan fingerprint density at radius 3 is 2.71 bits per heavy atom. The molecule has 41 heavy (non-hydrogen) atoms. The minimum absolute atomic E-state index is 0.173. The molecule has 2 aliphatic rings. The van der Waals surface area contributed by atoms with Gasteiger partial charge in [-0.05, 0) is 38.0 Å². The highest BCUT2D eigenvalue weighted by Crippen LogP contribution is 2.35. The molecule has 0 spiro atoms. The Hall–Kier alpha value is -4.74. The Bertz CT molecular complexity index is 1610. The maximum atomic E-state index is 13.6. The number of carbonyl (C=O) groups is 3. The van der Waals surface area contributed by atoms with Crippen LogP contribution in [0.5, 0.6) is 5.75 Å². The van der Waals surface area contributed by atoms with Gasteiger partial charge in [-0.15, -0.1) is 0 Å². The minimum Gasteiger partial charge on any atom is -0.494 e. The maximum Gasteiger partial charge on any atom is 0.276 e. The van der Waals surface area contributed by atoms with Crippen molar-refractivity contribution in [1.29, 1.82) is 0 Å². The molecule has 2 bridgehead atoms. The number of hydrogen-bond acceptors (Lipinski definition) is 8. The molecule has 2 aliphatic heterocycles. The standard InChI is InChI=1S/C29H31N7O5/c1-18-13-25(33-41-18)29(39)35-16-23-20-5-3-6-21(14-20)40-12-4-10-34(11-9-30-27(37)24(23)17-35)28(38)22-15-31-26-7-8-32-36(26)19(22)2/h3,5-8,13-15,23-24H,4,9-12,16-17H2,1-2H3,(H,30,37)/t23-,24+/m1/s1. The second kappa shape index (κ2) is 11.0. The normalized spacial score (nSPS) is 19.8. The number of nitrogens with zero attached hydrogens (tertiary/aromatic N) is 6. The van der Waals surface area contributed by atoms with Crippen LogP contribution >= 0.6 is 0 Å². The zero-order valence-corrected chi connectivity index (χ0v) is 22.9. The van der Waals surface area contributed by atoms with Gasteiger partial charge in [-0.3, -0.25) is 14.4 Å². The first-order chi connectivity index (χ1) is 19.9. The summed E-state index contributed by atoms with van der Waals surface area (Å²) in [5.41, 5.74) is 2.97. The van der Waals surface area contributed by atoms with Gasteiger partial charge in [0.05, 0.1) is 30.0 Å². The summed E-state index contributed by atoms with van der Waals surface area (Å²) in [4.78, 5) is 48.1. The number of amides is 3. The van der Waals surface area contributed by atoms with Crippen LogP contribution in [0.25, 0.3) is 5.65 Å². The molecule has 0 radical (unpaired) electrons. The molecule has 1 aromatic carbocycles. The SMILES string of the molecule is Cc1cc(C(=O)N2C[C@@H]3C(=O)NCCN(C(=O)c4cnc5ccnn5c4C)CCCOc4cccc(c4)[C@H]3C2)no1. The van der Waals surface area contributed by atoms with Gasteiger partial charge in [0.1, 0.15) is 11.5 Å². The topological polar surface area (TPSA) is 135 Å². The highest BCUT2D eigenvalue weighted by atomic mass is 16.5. The van der Waals surface area contributed by atoms with Crippen LogP contribution in [0.2, 0.25) is 0 Å². The van der Waals surface area contributed by atoms with E-state index in [0.29, 0.717) is 61.1 Å². The van der Waals surface area contributed by atoms with Gasteiger partial charge in [-0.25, -0.2) is 9.50 Å². The predicted octanol–water partition coefficient (Wildman–Crippen LogP) is 2.23. The lowest BCUT2D eigenvalue weighted by Gasteiger charge is -2.25. The molecule has 0 saturated carbocycles. The molecule has 212 valence electrons. The van der Waals surface area contributed by atoms with Crippen molar-refractivity contribution in [3.8, 4) is 5.75 Å². The second-order valence-corrected chi connectivity index (χ2v) is 10.5. The molecule has 12 heteroatoms. The molecule has 6 rings (SSSR count). The second-order valence-electron chi connectivity index (χ2n) is 10.5. The lowest BCUT2D eigenvalue weighted by Crippen LogP contribution is -2.42. The van der Waals surface area contributed by atoms with Crippen LogP contribution in [-0.2, 0) is 4.79 Å². The summed E-state index contributed by atoms with van der Waals surface area (Å²) >= 11 is 0. The molecule has 12 nitrogen and oxygen atoms in total. The average Bonchev–Trinajstić information content (AvgIpc) is 3.73. The zero-order chi connectivity index (χ0) is 28.5. The summed E-state index contributed by atoms with van der Waals surface area (Å²) in [5.74, 6) is -0.125. The molecule has 1 N–H and O–H groups in total. The molecular formula is C29H31N7O5. The van der Waals surface area contributed by atoms with E-state index >= 15 is 0 Å². The van der Waals surface area contributed by atoms with Gasteiger partial charge in [0.25, 0.3) is 11.8 Å². The third kappa shape index (κ3) is 5.24. The van der Waals surface area contributed by atoms with Crippen molar-refractivity contribution in [3.63, 3.8) is 0 Å². The fourth-order valence-electron chi connectivity index (χ4n) is 5.61. The number of aryl methyl sites for hydroxylation is 2. The van der Waals surface area contributed by atoms with Crippen LogP contribution in [0.3, 0.4) is 0 Å². The summed E-state index contributed by atoms with van der Waals surface area (Å²) in [6, 6.07) is 11.0. The summed E-state index contributed by atoms with van der Waals surface area (Å²) < 4.78 is 12.8. The fourth-order valence-corrected chi connectivity index (χ4v) is 5.61. The minimum atomic E-state index is -0.483. The van der Waals surface area contributed by atoms with E-state index in [1.807, 2.05) is 31.2 Å². The lowest BCUT2D eigenvalue weighted by atomic mass is 9.88. The number of likely N-dealkylation sites (tertiary alicyclic amines) is 1. The van der Waals surface area contributed by atoms with Crippen LogP contribution in [0.4, 0.5) is 0 Å². The molecule has 0 aliphatic carbocycles. The smallest absolute Gasteiger partial charge is 0.276 e. The third-order valence-electron chi connectivity index (χ3n) is 7.77. The van der Waals surface area contributed by atoms with Crippen molar-refractivity contribution in [3.05, 3.63) is 77.1 Å². The molecule has 4 aromatic rings. The first-order valence-electron chi connectivity index (χ1n) is 13.7. The molecule has 2 atom stereocenters. The van der Waals surface area contributed by atoms with Crippen molar-refractivity contribution in [2.75, 3.05) is 39.3 Å². The van der Waals surface area contributed by atoms with Gasteiger partial charge in [0.15, 0.2) is 11.3 Å². The van der Waals surface area contributed by atoms with E-state index in [1.54, 1.807) is 45.8 Å². The van der Waals surface area contributed by atoms with Gasteiger partial charge in [0, 0.05) is 57.0 Å². The molecule has 1 fully saturated rings. The van der Waals surface area contributed by atoms with E-state index in [9.17, 15) is 14.4 Å². The Balaban J connectivity index is 1.24. The van der Waals surface area contributed by atoms with Crippen molar-refractivity contribution in [1.82, 2.24) is 34.9 Å². The first kappa shape index (κ1) is 26.5. The Labute approximate surface area is 236 Å². The van der Waals surface area contributed by atoms with Crippen LogP contribution in [0, 0.1) is 19.8 Å². The molecule has 0 unspecified atom stereocenters. The molecular weight excluding hydrogens is 526 g/mol. The van der Waals surface area contributed by atoms with E-state index in [4.69, 9.17) is 9.26 Å². The van der Waals surface area contributed by atoms with Gasteiger partial charge >= 0.3 is 0 Å². The Morgan fingerprint density at radius 2 is 1.88 bits per heavy atom. The molecule has 5 heterocycles. The van der Waals surface area contributed by atoms with Gasteiger partial charge in [0.2, 0.25) is 5.91 Å². The van der Waals surface area contributed by atoms with E-state index in [1.165, 1.54) is 0 Å². The lowest BCUT2D eigenvalue weighted by molar-refractivity contribution is -0.125. The Morgan fingerprint density at radius 1 is 1.02 bits per heavy atom. The van der Waals surface area contributed by atoms with Gasteiger partial charge < -0.3 is 24.4 Å². The largest absolute Gasteiger partial charge is 0.494 e. The number of nitrogens with one attached hydrogen (secondary N) is 1. The number of hydrogen-bond donors (Lipinski definition) is 1. The van der Waals surface area contributed by atoms with Gasteiger partial charge in [-0.2, -0.15) is 5.10 Å². The van der Waals surface area contributed by atoms with Crippen LogP contribution in [-0.4, -0.2) is 86.6 Å². The average molecular weight is 558 g/mol. The first-order valence-corrected chi connectivity index (χ1v) is 13.7. The van der Waals surface area contributed by atoms with Crippen LogP contribution in [0.15, 0.2) is 53.3 Å². The third-order valence-corrected chi connectivity index (χ3v) is 7.77. The van der Waals surface area contributed by atoms with E-state index in [2.05, 4.69) is 20.6 Å². The number of ether oxygens (including phenoxy) is 1. The van der Waals surface area contributed by atoms with Crippen molar-refractivity contribution in [2.24, 2.45) is 5.92 Å². The van der Waals surface area contributed by atoms with E-state index < -0.39 is 5.92 Å². The van der Waals surface area contributed by atoms with Crippen molar-refractivity contribution >= 4 is 23.4 Å². The number of carbonyl (C=O) groups excluding carboxylic acids is 3. The number of rotatable bonds is 2. The highest BCUT2D eigenvalue weighted by Gasteiger charge is 2.41. The zero-order valence-electron chi connectivity index (χ0n) is 22.9. The van der Waals surface area contributed by atoms with Crippen molar-refractivity contribution in [2.45, 2.75) is 26.2 Å². The predicted molar refractivity (Wildman–Crippen MR) is 147 cm³/mol. The maximum absolute atomic E-state index is 13.6. The molecule has 3 aromatic heterocycles. The fraction of sp³-hybridized carbons (Fsp3) is 0.379. The highest BCUT2D eigenvalue weighted by molar-refractivity contribution is 5.95. The monoisotopic (exact) mass is 557 g/mol. The number of aromatic nitrogens is 4.